The lowest BCUT2D eigenvalue weighted by Crippen LogP contribution is -2.46. The fourth-order valence-corrected chi connectivity index (χ4v) is 2.85. The van der Waals surface area contributed by atoms with Crippen LogP contribution >= 0.6 is 0 Å². The number of nitrogens with one attached hydrogen (secondary N) is 3. The number of carbonyl (C=O) groups is 3. The van der Waals surface area contributed by atoms with E-state index in [1.807, 2.05) is 0 Å². The van der Waals surface area contributed by atoms with Gasteiger partial charge >= 0.3 is 12.0 Å². The first-order valence-corrected chi connectivity index (χ1v) is 8.07. The van der Waals surface area contributed by atoms with Crippen LogP contribution in [0.4, 0.5) is 4.79 Å². The van der Waals surface area contributed by atoms with E-state index in [1.165, 1.54) is 19.1 Å². The van der Waals surface area contributed by atoms with Gasteiger partial charge in [0.2, 0.25) is 5.91 Å². The zero-order valence-corrected chi connectivity index (χ0v) is 13.7. The van der Waals surface area contributed by atoms with Crippen molar-refractivity contribution in [1.29, 1.82) is 0 Å². The molecule has 7 heteroatoms. The molecular formula is C17H23N3O4. The van der Waals surface area contributed by atoms with Crippen LogP contribution < -0.4 is 16.0 Å². The first-order valence-electron chi connectivity index (χ1n) is 8.07. The van der Waals surface area contributed by atoms with Gasteiger partial charge in [-0.1, -0.05) is 12.1 Å². The number of carboxylic acids is 1. The van der Waals surface area contributed by atoms with Crippen molar-refractivity contribution >= 4 is 17.9 Å². The van der Waals surface area contributed by atoms with Crippen molar-refractivity contribution in [2.45, 2.75) is 51.2 Å². The summed E-state index contributed by atoms with van der Waals surface area (Å²) in [5.74, 6) is -0.986. The zero-order chi connectivity index (χ0) is 17.5. The van der Waals surface area contributed by atoms with E-state index in [4.69, 9.17) is 5.11 Å². The second kappa shape index (κ2) is 8.33. The van der Waals surface area contributed by atoms with Gasteiger partial charge in [0, 0.05) is 25.6 Å². The van der Waals surface area contributed by atoms with E-state index in [2.05, 4.69) is 16.0 Å². The molecule has 0 aromatic heterocycles. The highest BCUT2D eigenvalue weighted by Gasteiger charge is 2.22. The average molecular weight is 333 g/mol. The van der Waals surface area contributed by atoms with Crippen molar-refractivity contribution < 1.29 is 19.5 Å². The third-order valence-corrected chi connectivity index (χ3v) is 4.12. The lowest BCUT2D eigenvalue weighted by molar-refractivity contribution is -0.119. The third kappa shape index (κ3) is 5.57. The molecule has 2 rings (SSSR count). The second-order valence-corrected chi connectivity index (χ2v) is 6.08. The largest absolute Gasteiger partial charge is 0.478 e. The van der Waals surface area contributed by atoms with Crippen molar-refractivity contribution in [2.75, 3.05) is 0 Å². The predicted octanol–water partition coefficient (Wildman–Crippen LogP) is 1.63. The fourth-order valence-electron chi connectivity index (χ4n) is 2.85. The summed E-state index contributed by atoms with van der Waals surface area (Å²) < 4.78 is 0. The van der Waals surface area contributed by atoms with Gasteiger partial charge in [0.15, 0.2) is 0 Å². The van der Waals surface area contributed by atoms with Gasteiger partial charge in [-0.3, -0.25) is 4.79 Å². The zero-order valence-electron chi connectivity index (χ0n) is 13.7. The minimum absolute atomic E-state index is 0.0157. The molecule has 0 unspecified atom stereocenters. The Labute approximate surface area is 140 Å². The molecule has 1 aromatic rings. The van der Waals surface area contributed by atoms with Crippen LogP contribution in [0.5, 0.6) is 0 Å². The van der Waals surface area contributed by atoms with Gasteiger partial charge in [0.25, 0.3) is 0 Å². The monoisotopic (exact) mass is 333 g/mol. The van der Waals surface area contributed by atoms with Gasteiger partial charge in [0.1, 0.15) is 0 Å². The van der Waals surface area contributed by atoms with E-state index in [0.29, 0.717) is 6.54 Å². The maximum Gasteiger partial charge on any atom is 0.335 e. The quantitative estimate of drug-likeness (QED) is 0.657. The molecule has 1 aliphatic carbocycles. The number of aromatic carboxylic acids is 1. The maximum absolute atomic E-state index is 11.9. The number of hydrogen-bond acceptors (Lipinski definition) is 3. The number of rotatable bonds is 5. The summed E-state index contributed by atoms with van der Waals surface area (Å²) in [6.45, 7) is 1.85. The summed E-state index contributed by atoms with van der Waals surface area (Å²) in [6, 6.07) is 6.48. The normalized spacial score (nSPS) is 20.0. The fraction of sp³-hybridized carbons (Fsp3) is 0.471. The van der Waals surface area contributed by atoms with Crippen molar-refractivity contribution in [1.82, 2.24) is 16.0 Å². The lowest BCUT2D eigenvalue weighted by Gasteiger charge is -2.29. The molecule has 7 nitrogen and oxygen atoms in total. The molecule has 0 heterocycles. The number of benzene rings is 1. The molecule has 4 N–H and O–H groups in total. The molecule has 1 saturated carbocycles. The molecule has 0 atom stereocenters. The third-order valence-electron chi connectivity index (χ3n) is 4.12. The highest BCUT2D eigenvalue weighted by atomic mass is 16.4. The molecule has 0 bridgehead atoms. The number of amides is 3. The first-order chi connectivity index (χ1) is 11.4. The molecule has 0 saturated heterocycles. The van der Waals surface area contributed by atoms with Crippen molar-refractivity contribution in [3.8, 4) is 0 Å². The first kappa shape index (κ1) is 17.8. The molecule has 1 aromatic carbocycles. The SMILES string of the molecule is CC(=O)NC1CCC(NC(=O)NCc2ccc(C(=O)O)cc2)CC1. The molecule has 1 aliphatic rings. The van der Waals surface area contributed by atoms with Gasteiger partial charge in [-0.2, -0.15) is 0 Å². The van der Waals surface area contributed by atoms with Crippen LogP contribution in [-0.2, 0) is 11.3 Å². The van der Waals surface area contributed by atoms with E-state index in [9.17, 15) is 14.4 Å². The van der Waals surface area contributed by atoms with Crippen LogP contribution in [0.1, 0.15) is 48.5 Å². The Bertz CT molecular complexity index is 592. The van der Waals surface area contributed by atoms with Crippen molar-refractivity contribution in [2.24, 2.45) is 0 Å². The number of carboxylic acid groups (broad SMARTS) is 1. The second-order valence-electron chi connectivity index (χ2n) is 6.08. The Morgan fingerprint density at radius 3 is 2.04 bits per heavy atom. The smallest absolute Gasteiger partial charge is 0.335 e. The molecule has 0 spiro atoms. The standard InChI is InChI=1S/C17H23N3O4/c1-11(21)19-14-6-8-15(9-7-14)20-17(24)18-10-12-2-4-13(5-3-12)16(22)23/h2-5,14-15H,6-10H2,1H3,(H,19,21)(H,22,23)(H2,18,20,24). The van der Waals surface area contributed by atoms with E-state index in [-0.39, 0.29) is 29.6 Å². The molecule has 0 aliphatic heterocycles. The summed E-state index contributed by atoms with van der Waals surface area (Å²) >= 11 is 0. The Kier molecular flexibility index (Phi) is 6.17. The van der Waals surface area contributed by atoms with Crippen LogP contribution in [0.15, 0.2) is 24.3 Å². The van der Waals surface area contributed by atoms with Crippen LogP contribution in [0, 0.1) is 0 Å². The van der Waals surface area contributed by atoms with Crippen LogP contribution in [0.25, 0.3) is 0 Å². The summed E-state index contributed by atoms with van der Waals surface area (Å²) in [7, 11) is 0. The van der Waals surface area contributed by atoms with Crippen LogP contribution in [0.2, 0.25) is 0 Å². The predicted molar refractivity (Wildman–Crippen MR) is 88.6 cm³/mol. The molecule has 0 radical (unpaired) electrons. The van der Waals surface area contributed by atoms with E-state index >= 15 is 0 Å². The Hall–Kier alpha value is -2.57. The number of carbonyl (C=O) groups excluding carboxylic acids is 2. The van der Waals surface area contributed by atoms with Gasteiger partial charge in [0.05, 0.1) is 5.56 Å². The molecular weight excluding hydrogens is 310 g/mol. The number of hydrogen-bond donors (Lipinski definition) is 4. The highest BCUT2D eigenvalue weighted by molar-refractivity contribution is 5.87. The minimum atomic E-state index is -0.970. The Balaban J connectivity index is 1.70. The van der Waals surface area contributed by atoms with Gasteiger partial charge in [-0.15, -0.1) is 0 Å². The van der Waals surface area contributed by atoms with Gasteiger partial charge in [-0.05, 0) is 43.4 Å². The average Bonchev–Trinajstić information content (AvgIpc) is 2.54. The van der Waals surface area contributed by atoms with E-state index < -0.39 is 5.97 Å². The topological polar surface area (TPSA) is 108 Å². The van der Waals surface area contributed by atoms with E-state index in [1.54, 1.807) is 12.1 Å². The highest BCUT2D eigenvalue weighted by Crippen LogP contribution is 2.18. The minimum Gasteiger partial charge on any atom is -0.478 e. The van der Waals surface area contributed by atoms with Crippen molar-refractivity contribution in [3.05, 3.63) is 35.4 Å². The Morgan fingerprint density at radius 1 is 1.00 bits per heavy atom. The summed E-state index contributed by atoms with van der Waals surface area (Å²) in [6.07, 6.45) is 3.40. The van der Waals surface area contributed by atoms with Gasteiger partial charge in [-0.25, -0.2) is 9.59 Å². The number of urea groups is 1. The molecule has 3 amide bonds. The molecule has 130 valence electrons. The molecule has 1 fully saturated rings. The summed E-state index contributed by atoms with van der Waals surface area (Å²) in [4.78, 5) is 33.7. The molecule has 24 heavy (non-hydrogen) atoms. The van der Waals surface area contributed by atoms with Crippen LogP contribution in [-0.4, -0.2) is 35.1 Å². The lowest BCUT2D eigenvalue weighted by atomic mass is 9.91. The Morgan fingerprint density at radius 2 is 1.54 bits per heavy atom. The van der Waals surface area contributed by atoms with Gasteiger partial charge < -0.3 is 21.1 Å². The van der Waals surface area contributed by atoms with E-state index in [0.717, 1.165) is 31.2 Å². The summed E-state index contributed by atoms with van der Waals surface area (Å²) in [5.41, 5.74) is 1.06. The summed E-state index contributed by atoms with van der Waals surface area (Å²) in [5, 5.41) is 17.5. The van der Waals surface area contributed by atoms with Crippen molar-refractivity contribution in [3.63, 3.8) is 0 Å². The maximum atomic E-state index is 11.9. The van der Waals surface area contributed by atoms with Crippen LogP contribution in [0.3, 0.4) is 0 Å².